The van der Waals surface area contributed by atoms with Crippen molar-refractivity contribution in [1.29, 1.82) is 5.26 Å². The zero-order valence-corrected chi connectivity index (χ0v) is 7.16. The minimum Gasteiger partial charge on any atom is -0.410 e. The van der Waals surface area contributed by atoms with Crippen LogP contribution in [-0.4, -0.2) is 6.09 Å². The van der Waals surface area contributed by atoms with Crippen LogP contribution in [0.25, 0.3) is 0 Å². The van der Waals surface area contributed by atoms with Gasteiger partial charge in [0.1, 0.15) is 11.6 Å². The summed E-state index contributed by atoms with van der Waals surface area (Å²) in [4.78, 5) is 10.3. The minimum atomic E-state index is -1.00. The van der Waals surface area contributed by atoms with Gasteiger partial charge in [-0.2, -0.15) is 5.26 Å². The summed E-state index contributed by atoms with van der Waals surface area (Å²) in [6.07, 6.45) is -1.03. The zero-order chi connectivity index (χ0) is 10.6. The average molecular weight is 194 g/mol. The Kier molecular flexibility index (Phi) is 3.02. The third kappa shape index (κ3) is 2.45. The summed E-state index contributed by atoms with van der Waals surface area (Å²) >= 11 is 0. The molecule has 1 rings (SSSR count). The Hall–Kier alpha value is -2.09. The molecule has 0 aliphatic rings. The van der Waals surface area contributed by atoms with Crippen molar-refractivity contribution in [1.82, 2.24) is 0 Å². The first-order chi connectivity index (χ1) is 6.63. The molecule has 0 heterocycles. The van der Waals surface area contributed by atoms with Crippen molar-refractivity contribution < 1.29 is 13.9 Å². The number of halogens is 1. The van der Waals surface area contributed by atoms with Crippen LogP contribution in [-0.2, 0) is 6.42 Å². The van der Waals surface area contributed by atoms with E-state index in [2.05, 4.69) is 4.74 Å². The summed E-state index contributed by atoms with van der Waals surface area (Å²) in [5, 5.41) is 8.34. The maximum Gasteiger partial charge on any atom is 0.409 e. The molecule has 2 N–H and O–H groups in total. The van der Waals surface area contributed by atoms with Crippen LogP contribution in [0.2, 0.25) is 0 Å². The van der Waals surface area contributed by atoms with Gasteiger partial charge in [0.05, 0.1) is 12.5 Å². The van der Waals surface area contributed by atoms with E-state index < -0.39 is 11.9 Å². The number of nitrogens with two attached hydrogens (primary N) is 1. The Balaban J connectivity index is 2.90. The highest BCUT2D eigenvalue weighted by atomic mass is 19.1. The standard InChI is InChI=1S/C9H7FN2O2/c10-8-5-7(14-9(12)13)2-1-6(8)3-4-11/h1-2,5H,3H2,(H2,12,13). The Morgan fingerprint density at radius 3 is 2.86 bits per heavy atom. The van der Waals surface area contributed by atoms with Gasteiger partial charge in [-0.15, -0.1) is 0 Å². The van der Waals surface area contributed by atoms with Crippen molar-refractivity contribution in [2.45, 2.75) is 6.42 Å². The van der Waals surface area contributed by atoms with Gasteiger partial charge in [0, 0.05) is 11.6 Å². The number of hydrogen-bond acceptors (Lipinski definition) is 3. The van der Waals surface area contributed by atoms with Crippen molar-refractivity contribution >= 4 is 6.09 Å². The van der Waals surface area contributed by atoms with Gasteiger partial charge in [-0.25, -0.2) is 9.18 Å². The lowest BCUT2D eigenvalue weighted by Gasteiger charge is -2.02. The van der Waals surface area contributed by atoms with Crippen LogP contribution in [0.15, 0.2) is 18.2 Å². The molecule has 0 aliphatic carbocycles. The van der Waals surface area contributed by atoms with E-state index in [0.29, 0.717) is 0 Å². The van der Waals surface area contributed by atoms with Gasteiger partial charge in [-0.3, -0.25) is 0 Å². The molecule has 0 unspecified atom stereocenters. The number of ether oxygens (including phenoxy) is 1. The lowest BCUT2D eigenvalue weighted by Crippen LogP contribution is -2.16. The normalized spacial score (nSPS) is 9.14. The summed E-state index contributed by atoms with van der Waals surface area (Å²) < 4.78 is 17.5. The Labute approximate surface area is 79.7 Å². The zero-order valence-electron chi connectivity index (χ0n) is 7.16. The molecule has 4 nitrogen and oxygen atoms in total. The van der Waals surface area contributed by atoms with Crippen LogP contribution in [0.3, 0.4) is 0 Å². The molecule has 0 saturated carbocycles. The molecule has 1 aromatic carbocycles. The average Bonchev–Trinajstić information content (AvgIpc) is 2.09. The Bertz CT molecular complexity index is 398. The maximum absolute atomic E-state index is 13.1. The van der Waals surface area contributed by atoms with Gasteiger partial charge in [0.15, 0.2) is 0 Å². The number of carbonyl (C=O) groups excluding carboxylic acids is 1. The van der Waals surface area contributed by atoms with Crippen LogP contribution >= 0.6 is 0 Å². The van der Waals surface area contributed by atoms with Crippen molar-refractivity contribution in [3.8, 4) is 11.8 Å². The van der Waals surface area contributed by atoms with Crippen LogP contribution < -0.4 is 10.5 Å². The third-order valence-electron chi connectivity index (χ3n) is 1.51. The summed E-state index contributed by atoms with van der Waals surface area (Å²) in [6.45, 7) is 0. The summed E-state index contributed by atoms with van der Waals surface area (Å²) in [6, 6.07) is 5.57. The van der Waals surface area contributed by atoms with Gasteiger partial charge < -0.3 is 10.5 Å². The van der Waals surface area contributed by atoms with Crippen molar-refractivity contribution in [3.05, 3.63) is 29.6 Å². The largest absolute Gasteiger partial charge is 0.410 e. The molecule has 72 valence electrons. The van der Waals surface area contributed by atoms with E-state index >= 15 is 0 Å². The summed E-state index contributed by atoms with van der Waals surface area (Å²) in [5.41, 5.74) is 4.99. The van der Waals surface area contributed by atoms with Crippen LogP contribution in [0.1, 0.15) is 5.56 Å². The number of rotatable bonds is 2. The highest BCUT2D eigenvalue weighted by molar-refractivity contribution is 5.68. The smallest absolute Gasteiger partial charge is 0.409 e. The predicted octanol–water partition coefficient (Wildman–Crippen LogP) is 1.35. The molecule has 5 heteroatoms. The van der Waals surface area contributed by atoms with E-state index in [4.69, 9.17) is 11.0 Å². The number of nitrogens with zero attached hydrogens (tertiary/aromatic N) is 1. The fraction of sp³-hybridized carbons (Fsp3) is 0.111. The second-order valence-corrected chi connectivity index (χ2v) is 2.51. The van der Waals surface area contributed by atoms with Gasteiger partial charge in [0.2, 0.25) is 0 Å². The molecule has 0 saturated heterocycles. The van der Waals surface area contributed by atoms with Crippen molar-refractivity contribution in [3.63, 3.8) is 0 Å². The number of carbonyl (C=O) groups is 1. The van der Waals surface area contributed by atoms with E-state index in [1.807, 2.05) is 6.07 Å². The molecule has 0 bridgehead atoms. The van der Waals surface area contributed by atoms with Crippen LogP contribution in [0, 0.1) is 17.1 Å². The molecular formula is C9H7FN2O2. The van der Waals surface area contributed by atoms with Crippen molar-refractivity contribution in [2.75, 3.05) is 0 Å². The molecule has 0 fully saturated rings. The van der Waals surface area contributed by atoms with E-state index in [1.165, 1.54) is 12.1 Å². The van der Waals surface area contributed by atoms with Gasteiger partial charge in [0.25, 0.3) is 0 Å². The van der Waals surface area contributed by atoms with Crippen LogP contribution in [0.5, 0.6) is 5.75 Å². The first-order valence-corrected chi connectivity index (χ1v) is 3.76. The Morgan fingerprint density at radius 2 is 2.36 bits per heavy atom. The maximum atomic E-state index is 13.1. The molecular weight excluding hydrogens is 187 g/mol. The fourth-order valence-electron chi connectivity index (χ4n) is 0.936. The SMILES string of the molecule is N#CCc1ccc(OC(N)=O)cc1F. The number of primary amides is 1. The molecule has 0 spiro atoms. The molecule has 1 aromatic rings. The molecule has 0 aromatic heterocycles. The lowest BCUT2D eigenvalue weighted by molar-refractivity contribution is 0.210. The fourth-order valence-corrected chi connectivity index (χ4v) is 0.936. The number of hydrogen-bond donors (Lipinski definition) is 1. The van der Waals surface area contributed by atoms with Gasteiger partial charge >= 0.3 is 6.09 Å². The molecule has 1 amide bonds. The van der Waals surface area contributed by atoms with Gasteiger partial charge in [-0.1, -0.05) is 6.07 Å². The molecule has 14 heavy (non-hydrogen) atoms. The van der Waals surface area contributed by atoms with Gasteiger partial charge in [-0.05, 0) is 6.07 Å². The van der Waals surface area contributed by atoms with Crippen molar-refractivity contribution in [2.24, 2.45) is 5.73 Å². The second-order valence-electron chi connectivity index (χ2n) is 2.51. The number of nitriles is 1. The summed E-state index contributed by atoms with van der Waals surface area (Å²) in [5.74, 6) is -0.568. The van der Waals surface area contributed by atoms with E-state index in [0.717, 1.165) is 6.07 Å². The van der Waals surface area contributed by atoms with E-state index in [1.54, 1.807) is 0 Å². The topological polar surface area (TPSA) is 76.1 Å². The molecule has 0 atom stereocenters. The Morgan fingerprint density at radius 1 is 1.64 bits per heavy atom. The van der Waals surface area contributed by atoms with Crippen LogP contribution in [0.4, 0.5) is 9.18 Å². The quantitative estimate of drug-likeness (QED) is 0.771. The lowest BCUT2D eigenvalue weighted by atomic mass is 10.1. The monoisotopic (exact) mass is 194 g/mol. The molecule has 0 aliphatic heterocycles. The summed E-state index contributed by atoms with van der Waals surface area (Å²) in [7, 11) is 0. The second kappa shape index (κ2) is 4.23. The minimum absolute atomic E-state index is 0.0247. The highest BCUT2D eigenvalue weighted by Gasteiger charge is 2.05. The highest BCUT2D eigenvalue weighted by Crippen LogP contribution is 2.16. The van der Waals surface area contributed by atoms with E-state index in [9.17, 15) is 9.18 Å². The predicted molar refractivity (Wildman–Crippen MR) is 45.9 cm³/mol. The number of benzene rings is 1. The van der Waals surface area contributed by atoms with E-state index in [-0.39, 0.29) is 17.7 Å². The number of amides is 1. The third-order valence-corrected chi connectivity index (χ3v) is 1.51. The molecule has 0 radical (unpaired) electrons. The first-order valence-electron chi connectivity index (χ1n) is 3.76. The first kappa shape index (κ1) is 9.99.